The molecule has 2 heteroatoms. The third kappa shape index (κ3) is 4.26. The van der Waals surface area contributed by atoms with E-state index in [1.165, 1.54) is 16.7 Å². The van der Waals surface area contributed by atoms with Crippen LogP contribution in [0.2, 0.25) is 0 Å². The van der Waals surface area contributed by atoms with Crippen LogP contribution in [-0.2, 0) is 5.41 Å². The van der Waals surface area contributed by atoms with Gasteiger partial charge in [0.25, 0.3) is 0 Å². The number of furan rings is 1. The maximum atomic E-state index is 9.64. The molecular formula is C45H33NO. The first-order chi connectivity index (χ1) is 24.8. The lowest BCUT2D eigenvalue weighted by atomic mass is 9.82. The van der Waals surface area contributed by atoms with Crippen molar-refractivity contribution in [2.45, 2.75) is 19.3 Å². The molecule has 0 aliphatic heterocycles. The molecule has 0 fully saturated rings. The summed E-state index contributed by atoms with van der Waals surface area (Å²) in [6.07, 6.45) is 0. The van der Waals surface area contributed by atoms with E-state index in [0.717, 1.165) is 38.8 Å². The third-order valence-corrected chi connectivity index (χ3v) is 9.62. The zero-order valence-corrected chi connectivity index (χ0v) is 26.1. The summed E-state index contributed by atoms with van der Waals surface area (Å²) in [5.41, 5.74) is 10.9. The van der Waals surface area contributed by atoms with Gasteiger partial charge in [-0.15, -0.1) is 0 Å². The molecular weight excluding hydrogens is 571 g/mol. The van der Waals surface area contributed by atoms with E-state index in [1.54, 1.807) is 0 Å². The summed E-state index contributed by atoms with van der Waals surface area (Å²) >= 11 is 0. The molecule has 0 atom stereocenters. The Labute approximate surface area is 280 Å². The molecule has 1 aliphatic carbocycles. The Kier molecular flexibility index (Phi) is 5.30. The van der Waals surface area contributed by atoms with Crippen molar-refractivity contribution in [3.8, 4) is 33.4 Å². The fraction of sp³-hybridized carbons (Fsp3) is 0.0667. The lowest BCUT2D eigenvalue weighted by Crippen LogP contribution is -2.17. The molecule has 0 unspecified atom stereocenters. The summed E-state index contributed by atoms with van der Waals surface area (Å²) in [6.45, 7) is 4.49. The molecule has 1 aliphatic rings. The van der Waals surface area contributed by atoms with Gasteiger partial charge in [-0.2, -0.15) is 0 Å². The quantitative estimate of drug-likeness (QED) is 0.193. The molecule has 7 aromatic carbocycles. The Morgan fingerprint density at radius 3 is 2.11 bits per heavy atom. The first kappa shape index (κ1) is 23.5. The number of fused-ring (bicyclic) bond motifs is 6. The number of nitrogens with zero attached hydrogens (tertiary/aromatic N) is 1. The zero-order valence-electron chi connectivity index (χ0n) is 30.1. The highest BCUT2D eigenvalue weighted by molar-refractivity contribution is 6.14. The van der Waals surface area contributed by atoms with Crippen molar-refractivity contribution >= 4 is 39.0 Å². The number of hydrogen-bond acceptors (Lipinski definition) is 2. The third-order valence-electron chi connectivity index (χ3n) is 9.62. The topological polar surface area (TPSA) is 16.4 Å². The molecule has 1 aromatic heterocycles. The van der Waals surface area contributed by atoms with Crippen molar-refractivity contribution in [2.75, 3.05) is 4.90 Å². The number of benzene rings is 7. The van der Waals surface area contributed by atoms with Crippen LogP contribution in [-0.4, -0.2) is 0 Å². The highest BCUT2D eigenvalue weighted by Gasteiger charge is 2.36. The minimum Gasteiger partial charge on any atom is -0.456 e. The van der Waals surface area contributed by atoms with Crippen molar-refractivity contribution in [3.63, 3.8) is 0 Å². The molecule has 8 aromatic rings. The average Bonchev–Trinajstić information content (AvgIpc) is 3.66. The summed E-state index contributed by atoms with van der Waals surface area (Å²) in [5.74, 6) is 0. The lowest BCUT2D eigenvalue weighted by molar-refractivity contribution is 0.660. The van der Waals surface area contributed by atoms with Gasteiger partial charge in [-0.25, -0.2) is 0 Å². The van der Waals surface area contributed by atoms with Gasteiger partial charge in [0.1, 0.15) is 11.2 Å². The predicted molar refractivity (Wildman–Crippen MR) is 197 cm³/mol. The van der Waals surface area contributed by atoms with E-state index >= 15 is 0 Å². The van der Waals surface area contributed by atoms with Gasteiger partial charge in [-0.3, -0.25) is 0 Å². The minimum absolute atomic E-state index is 0.111. The number of hydrogen-bond donors (Lipinski definition) is 0. The fourth-order valence-electron chi connectivity index (χ4n) is 7.40. The van der Waals surface area contributed by atoms with Crippen molar-refractivity contribution in [3.05, 3.63) is 175 Å². The number of para-hydroxylation sites is 3. The summed E-state index contributed by atoms with van der Waals surface area (Å²) in [7, 11) is 0. The maximum absolute atomic E-state index is 9.64. The van der Waals surface area contributed by atoms with Gasteiger partial charge in [0.2, 0.25) is 0 Å². The predicted octanol–water partition coefficient (Wildman–Crippen LogP) is 12.7. The lowest BCUT2D eigenvalue weighted by Gasteiger charge is -2.31. The molecule has 2 nitrogen and oxygen atoms in total. The molecule has 0 spiro atoms. The molecule has 0 N–H and O–H groups in total. The second-order valence-electron chi connectivity index (χ2n) is 12.6. The van der Waals surface area contributed by atoms with E-state index in [1.807, 2.05) is 83.8 Å². The highest BCUT2D eigenvalue weighted by atomic mass is 16.3. The summed E-state index contributed by atoms with van der Waals surface area (Å²) in [4.78, 5) is 2.04. The minimum atomic E-state index is -0.293. The van der Waals surface area contributed by atoms with Crippen molar-refractivity contribution in [2.24, 2.45) is 0 Å². The highest BCUT2D eigenvalue weighted by Crippen LogP contribution is 2.52. The number of anilines is 3. The molecule has 0 saturated heterocycles. The normalized spacial score (nSPS) is 14.3. The van der Waals surface area contributed by atoms with Crippen molar-refractivity contribution < 1.29 is 9.90 Å². The fourth-order valence-corrected chi connectivity index (χ4v) is 7.40. The largest absolute Gasteiger partial charge is 0.456 e. The first-order valence-electron chi connectivity index (χ1n) is 18.0. The molecule has 9 rings (SSSR count). The van der Waals surface area contributed by atoms with Crippen molar-refractivity contribution in [1.29, 1.82) is 0 Å². The smallest absolute Gasteiger partial charge is 0.136 e. The van der Waals surface area contributed by atoms with E-state index in [-0.39, 0.29) is 29.6 Å². The molecule has 47 heavy (non-hydrogen) atoms. The molecule has 0 bridgehead atoms. The Balaban J connectivity index is 1.41. The van der Waals surface area contributed by atoms with E-state index in [2.05, 4.69) is 74.5 Å². The van der Waals surface area contributed by atoms with Gasteiger partial charge in [-0.1, -0.05) is 141 Å². The van der Waals surface area contributed by atoms with Crippen molar-refractivity contribution in [1.82, 2.24) is 0 Å². The summed E-state index contributed by atoms with van der Waals surface area (Å²) in [6, 6.07) is 46.0. The van der Waals surface area contributed by atoms with Crippen LogP contribution < -0.4 is 4.90 Å². The molecule has 0 amide bonds. The van der Waals surface area contributed by atoms with Gasteiger partial charge in [0.05, 0.1) is 16.9 Å². The Morgan fingerprint density at radius 1 is 0.532 bits per heavy atom. The van der Waals surface area contributed by atoms with E-state index in [4.69, 9.17) is 7.16 Å². The van der Waals surface area contributed by atoms with E-state index < -0.39 is 0 Å². The monoisotopic (exact) mass is 607 g/mol. The number of rotatable bonds is 5. The summed E-state index contributed by atoms with van der Waals surface area (Å²) in [5, 5.41) is 1.69. The van der Waals surface area contributed by atoms with E-state index in [0.29, 0.717) is 28.0 Å². The van der Waals surface area contributed by atoms with Crippen LogP contribution in [0.25, 0.3) is 55.3 Å². The van der Waals surface area contributed by atoms with Gasteiger partial charge < -0.3 is 9.32 Å². The van der Waals surface area contributed by atoms with Crippen LogP contribution in [0, 0.1) is 0 Å². The van der Waals surface area contributed by atoms with Crippen LogP contribution in [0.15, 0.2) is 168 Å². The van der Waals surface area contributed by atoms with Crippen LogP contribution in [0.5, 0.6) is 0 Å². The SMILES string of the molecule is [2H]c1c([2H])c([2H])c(N(c2ccc3c(c2)C(C)(C)c2ccccc2-3)c2ccccc2-c2ccccc2)c(-c2cccc3oc4ccccc4c23)c1[2H]. The summed E-state index contributed by atoms with van der Waals surface area (Å²) < 4.78 is 43.4. The molecule has 0 radical (unpaired) electrons. The van der Waals surface area contributed by atoms with Crippen LogP contribution in [0.3, 0.4) is 0 Å². The first-order valence-corrected chi connectivity index (χ1v) is 16.0. The van der Waals surface area contributed by atoms with Gasteiger partial charge >= 0.3 is 0 Å². The molecule has 0 saturated carbocycles. The van der Waals surface area contributed by atoms with Gasteiger partial charge in [-0.05, 0) is 69.8 Å². The average molecular weight is 608 g/mol. The van der Waals surface area contributed by atoms with Crippen LogP contribution in [0.4, 0.5) is 17.1 Å². The Morgan fingerprint density at radius 2 is 1.21 bits per heavy atom. The van der Waals surface area contributed by atoms with Crippen LogP contribution in [0.1, 0.15) is 30.5 Å². The molecule has 1 heterocycles. The van der Waals surface area contributed by atoms with Gasteiger partial charge in [0.15, 0.2) is 0 Å². The second kappa shape index (κ2) is 10.6. The maximum Gasteiger partial charge on any atom is 0.136 e. The Hall–Kier alpha value is -5.86. The van der Waals surface area contributed by atoms with Gasteiger partial charge in [0, 0.05) is 33.0 Å². The second-order valence-corrected chi connectivity index (χ2v) is 12.6. The Bertz CT molecular complexity index is 2680. The van der Waals surface area contributed by atoms with E-state index in [9.17, 15) is 2.74 Å². The standard InChI is InChI=1S/C45H33NO/c1-45(2)38-22-10-6-18-33(38)34-28-27-31(29-39(34)45)46(40-23-11-7-17-32(40)30-15-4-3-5-16-30)41-24-12-8-19-35(41)36-21-14-26-43-44(36)37-20-9-13-25-42(37)47-43/h3-29H,1-2H3/i8D,12D,19D,24D. The zero-order chi connectivity index (χ0) is 35.0. The van der Waals surface area contributed by atoms with Crippen LogP contribution >= 0.6 is 0 Å². The molecule has 224 valence electrons.